The van der Waals surface area contributed by atoms with E-state index in [4.69, 9.17) is 111 Å². The molecule has 10 N–H and O–H groups in total. The van der Waals surface area contributed by atoms with Gasteiger partial charge < -0.3 is 53.0 Å². The van der Waals surface area contributed by atoms with Gasteiger partial charge in [0.05, 0.1) is 116 Å². The first-order valence-corrected chi connectivity index (χ1v) is 46.0. The molecule has 4 spiro atoms. The fourth-order valence-electron chi connectivity index (χ4n) is 22.5. The van der Waals surface area contributed by atoms with Gasteiger partial charge in [-0.05, 0) is 185 Å². The number of ether oxygens (including phenoxy) is 1. The molecule has 34 heteroatoms. The molecule has 8 fully saturated rings. The zero-order valence-corrected chi connectivity index (χ0v) is 76.7. The summed E-state index contributed by atoms with van der Waals surface area (Å²) in [4.78, 5) is 113. The van der Waals surface area contributed by atoms with E-state index in [-0.39, 0.29) is 68.1 Å². The second-order valence-electron chi connectivity index (χ2n) is 37.3. The smallest absolute Gasteiger partial charge is 0.264 e. The zero-order valence-electron chi connectivity index (χ0n) is 72.9. The molecule has 662 valence electrons. The molecule has 8 aliphatic heterocycles. The van der Waals surface area contributed by atoms with Crippen molar-refractivity contribution in [1.82, 2.24) is 53.2 Å². The van der Waals surface area contributed by atoms with Gasteiger partial charge in [0.25, 0.3) is 22.2 Å². The summed E-state index contributed by atoms with van der Waals surface area (Å²) in [7, 11) is 8.72. The van der Waals surface area contributed by atoms with Gasteiger partial charge in [-0.3, -0.25) is 57.4 Å². The monoisotopic (exact) mass is 1800 g/mol. The number of aliphatic imine (C=N–C) groups is 4. The number of anilines is 5. The molecule has 4 aliphatic carbocycles. The first kappa shape index (κ1) is 88.0. The topological polar surface area (TPSA) is 380 Å². The summed E-state index contributed by atoms with van der Waals surface area (Å²) >= 11 is 31.4. The highest BCUT2D eigenvalue weighted by Gasteiger charge is 2.51. The quantitative estimate of drug-likeness (QED) is 0.0838. The molecule has 4 saturated heterocycles. The van der Waals surface area contributed by atoms with Gasteiger partial charge in [-0.2, -0.15) is 0 Å². The second kappa shape index (κ2) is 34.5. The van der Waals surface area contributed by atoms with E-state index in [1.165, 1.54) is 63.8 Å². The van der Waals surface area contributed by atoms with E-state index in [0.29, 0.717) is 178 Å². The maximum atomic E-state index is 13.4. The molecular formula is C91H113Cl5N24O5. The summed E-state index contributed by atoms with van der Waals surface area (Å²) < 4.78 is 11.9. The van der Waals surface area contributed by atoms with Gasteiger partial charge in [-0.15, -0.1) is 0 Å². The Bertz CT molecular complexity index is 5630. The van der Waals surface area contributed by atoms with Crippen LogP contribution in [0.1, 0.15) is 203 Å². The van der Waals surface area contributed by atoms with E-state index in [1.54, 1.807) is 78.0 Å². The minimum absolute atomic E-state index is 0.0601. The van der Waals surface area contributed by atoms with Crippen molar-refractivity contribution >= 4 is 110 Å². The maximum absolute atomic E-state index is 13.4. The first-order chi connectivity index (χ1) is 59.8. The van der Waals surface area contributed by atoms with Crippen LogP contribution in [0.15, 0.2) is 94.1 Å². The van der Waals surface area contributed by atoms with Gasteiger partial charge in [-0.1, -0.05) is 97.8 Å². The molecule has 20 rings (SSSR count). The normalized spacial score (nSPS) is 24.4. The number of nitrogens with zero attached hydrogens (tertiary/aromatic N) is 19. The minimum atomic E-state index is -0.119. The number of aromatic nitrogens is 11. The zero-order chi connectivity index (χ0) is 88.4. The third-order valence-corrected chi connectivity index (χ3v) is 32.3. The summed E-state index contributed by atoms with van der Waals surface area (Å²) in [5.74, 6) is 6.09. The number of fused-ring (bicyclic) bond motifs is 4. The van der Waals surface area contributed by atoms with Crippen LogP contribution in [0.3, 0.4) is 0 Å². The van der Waals surface area contributed by atoms with Crippen LogP contribution < -0.4 is 75.2 Å². The van der Waals surface area contributed by atoms with Crippen molar-refractivity contribution in [1.29, 1.82) is 0 Å². The van der Waals surface area contributed by atoms with Gasteiger partial charge in [0.1, 0.15) is 21.9 Å². The lowest BCUT2D eigenvalue weighted by atomic mass is 9.73. The molecule has 15 heterocycles. The number of hydrogen-bond acceptors (Lipinski definition) is 25. The molecular weight excluding hydrogens is 1690 g/mol. The summed E-state index contributed by atoms with van der Waals surface area (Å²) in [5.41, 5.74) is 43.5. The number of rotatable bonds is 9. The summed E-state index contributed by atoms with van der Waals surface area (Å²) in [6, 6.07) is 11.7. The fourth-order valence-corrected chi connectivity index (χ4v) is 23.5. The average Bonchev–Trinajstić information content (AvgIpc) is 1.64. The molecule has 8 atom stereocenters. The summed E-state index contributed by atoms with van der Waals surface area (Å²) in [6.45, 7) is 19.4. The summed E-state index contributed by atoms with van der Waals surface area (Å²) in [6.07, 6.45) is 22.6. The Morgan fingerprint density at radius 3 is 1.04 bits per heavy atom. The molecule has 0 amide bonds. The van der Waals surface area contributed by atoms with Gasteiger partial charge in [0.15, 0.2) is 0 Å². The van der Waals surface area contributed by atoms with Crippen LogP contribution in [0.4, 0.5) is 29.6 Å². The fraction of sp³-hybridized carbons (Fsp3) is 0.549. The number of nitrogens with two attached hydrogens (primary N) is 5. The molecule has 4 saturated carbocycles. The van der Waals surface area contributed by atoms with Crippen molar-refractivity contribution in [2.75, 3.05) is 84.8 Å². The molecule has 12 aliphatic rings. The molecule has 1 aromatic carbocycles. The van der Waals surface area contributed by atoms with Crippen LogP contribution in [0.2, 0.25) is 25.4 Å². The number of hydrogen-bond donors (Lipinski definition) is 5. The van der Waals surface area contributed by atoms with Crippen LogP contribution in [0.25, 0.3) is 0 Å². The molecule has 125 heavy (non-hydrogen) atoms. The number of halogens is 5. The van der Waals surface area contributed by atoms with Crippen molar-refractivity contribution in [2.24, 2.45) is 116 Å². The van der Waals surface area contributed by atoms with E-state index < -0.39 is 0 Å². The van der Waals surface area contributed by atoms with Crippen molar-refractivity contribution in [3.63, 3.8) is 0 Å². The number of pyridine rings is 3. The molecule has 0 bridgehead atoms. The second-order valence-corrected chi connectivity index (χ2v) is 39.2. The third kappa shape index (κ3) is 15.6. The maximum Gasteiger partial charge on any atom is 0.264 e. The number of piperidine rings is 4. The Kier molecular flexibility index (Phi) is 24.3. The molecule has 0 unspecified atom stereocenters. The van der Waals surface area contributed by atoms with Crippen LogP contribution in [0.5, 0.6) is 5.75 Å². The minimum Gasteiger partial charge on any atom is -0.495 e. The van der Waals surface area contributed by atoms with E-state index in [2.05, 4.69) is 82.2 Å². The Labute approximate surface area is 752 Å². The standard InChI is InChI=1S/C24H30ClN5O2.C23H29ClN6O.C22H26Cl2N6O.C22H28ClN7O/c1-14-7-8-24(21(14)26)9-11-30(12-10-24)23-28-16-13-27-20(18(16)22(31)29(23)2)15-5-4-6-17(32-3)19(15)25;1-13-4-6-23(19(13)25)7-10-30(11-8-23)22-28-16-12-27-18(17(16)21(31)29(22)3)15-5-9-26-20(24)14(15)2;2*1-12-3-4-22(19(12)25)5-7-30(8-6-22)21-28-15-11-27-18(17(15)20(31)29(21)2)13-9-16(24)26-10-14(13)23/h4-6,14,21H,7-13,26H2,1-3H3;5,9,13,19H,4,6-8,10-12,25H2,1-3H3;9-10,12,19H,3-8,11,25H2,1-2H3;9-10,12,19H,3-8,11,25H2,1-2H3,(H2,24,26)/t14-,21-;13-,19-;2*12-,19-/m1111/s1. The van der Waals surface area contributed by atoms with Crippen LogP contribution in [0, 0.1) is 52.3 Å². The van der Waals surface area contributed by atoms with Gasteiger partial charge in [0.2, 0.25) is 23.8 Å². The highest BCUT2D eigenvalue weighted by atomic mass is 35.5. The molecule has 8 aromatic rings. The molecule has 29 nitrogen and oxygen atoms in total. The van der Waals surface area contributed by atoms with E-state index >= 15 is 0 Å². The van der Waals surface area contributed by atoms with Crippen molar-refractivity contribution in [2.45, 2.75) is 188 Å². The summed E-state index contributed by atoms with van der Waals surface area (Å²) in [5, 5.41) is 2.01. The van der Waals surface area contributed by atoms with Crippen molar-refractivity contribution in [3.8, 4) is 5.75 Å². The highest BCUT2D eigenvalue weighted by Crippen LogP contribution is 2.53. The molecule has 7 aromatic heterocycles. The van der Waals surface area contributed by atoms with Crippen LogP contribution >= 0.6 is 58.0 Å². The number of benzene rings is 1. The van der Waals surface area contributed by atoms with E-state index in [0.717, 1.165) is 132 Å². The Hall–Kier alpha value is -9.04. The lowest BCUT2D eigenvalue weighted by molar-refractivity contribution is 0.185. The largest absolute Gasteiger partial charge is 0.495 e. The van der Waals surface area contributed by atoms with Crippen LogP contribution in [-0.4, -0.2) is 160 Å². The highest BCUT2D eigenvalue weighted by molar-refractivity contribution is 6.38. The van der Waals surface area contributed by atoms with Crippen molar-refractivity contribution < 1.29 is 4.74 Å². The van der Waals surface area contributed by atoms with E-state index in [9.17, 15) is 19.2 Å². The Morgan fingerprint density at radius 2 is 0.720 bits per heavy atom. The lowest BCUT2D eigenvalue weighted by Gasteiger charge is -2.43. The Balaban J connectivity index is 0.000000118. The van der Waals surface area contributed by atoms with Crippen LogP contribution in [-0.2, 0) is 54.4 Å². The number of methoxy groups -OCH3 is 1. The Morgan fingerprint density at radius 1 is 0.408 bits per heavy atom. The SMILES string of the molecule is COc1cccc(C2=NCc3nc(N4CCC5(CC[C@@H](C)[C@H]5N)CC4)n(C)c(=O)c32)c1Cl.C[C@@H]1CCC2(CCN(c3nc4c(c(=O)n3C)C(c3cc(Cl)ncc3Cl)=NC4)CC2)[C@@H]1N.C[C@@H]1CCC2(CCN(c3nc4c(c(=O)n3C)C(c3cc(N)ncc3Cl)=NC4)CC2)[C@@H]1N.Cc1c(C2=NCc3nc(N4CCC5(CC[C@@H](C)[C@H]5N)CC4)n(C)c(=O)c32)ccnc1Cl. The third-order valence-electron chi connectivity index (χ3n) is 30.7. The number of nitrogen functional groups attached to an aromatic ring is 1. The predicted octanol–water partition coefficient (Wildman–Crippen LogP) is 11.3. The van der Waals surface area contributed by atoms with Crippen molar-refractivity contribution in [3.05, 3.63) is 195 Å². The van der Waals surface area contributed by atoms with Gasteiger partial charge in [-0.25, -0.2) is 34.9 Å². The van der Waals surface area contributed by atoms with Gasteiger partial charge in [0, 0.05) is 146 Å². The van der Waals surface area contributed by atoms with Gasteiger partial charge >= 0.3 is 0 Å². The predicted molar refractivity (Wildman–Crippen MR) is 496 cm³/mol. The van der Waals surface area contributed by atoms with E-state index in [1.807, 2.05) is 25.1 Å². The first-order valence-electron chi connectivity index (χ1n) is 44.1. The molecule has 0 radical (unpaired) electrons. The lowest BCUT2D eigenvalue weighted by Crippen LogP contribution is -2.49. The average molecular weight is 1800 g/mol.